The van der Waals surface area contributed by atoms with Gasteiger partial charge >= 0.3 is 0 Å². The zero-order chi connectivity index (χ0) is 21.9. The molecule has 2 fully saturated rings. The molecule has 8 N–H and O–H groups in total. The molecule has 0 aromatic heterocycles. The lowest BCUT2D eigenvalue weighted by Gasteiger charge is -2.47. The van der Waals surface area contributed by atoms with E-state index in [9.17, 15) is 40.2 Å². The van der Waals surface area contributed by atoms with E-state index in [1.165, 1.54) is 0 Å². The van der Waals surface area contributed by atoms with Gasteiger partial charge in [0.1, 0.15) is 48.7 Å². The van der Waals surface area contributed by atoms with E-state index >= 15 is 0 Å². The number of nitrogens with one attached hydrogen (secondary N) is 2. The Kier molecular flexibility index (Phi) is 8.28. The summed E-state index contributed by atoms with van der Waals surface area (Å²) < 4.78 is 16.3. The van der Waals surface area contributed by atoms with E-state index in [0.29, 0.717) is 0 Å². The molecule has 2 aliphatic rings. The fourth-order valence-electron chi connectivity index (χ4n) is 3.38. The molecule has 0 unspecified atom stereocenters. The molecule has 29 heavy (non-hydrogen) atoms. The Morgan fingerprint density at radius 3 is 1.90 bits per heavy atom. The third kappa shape index (κ3) is 5.39. The summed E-state index contributed by atoms with van der Waals surface area (Å²) in [6.07, 6.45) is -11.7. The molecule has 0 radical (unpaired) electrons. The summed E-state index contributed by atoms with van der Waals surface area (Å²) in [4.78, 5) is 22.8. The van der Waals surface area contributed by atoms with Gasteiger partial charge in [-0.05, 0) is 0 Å². The average molecular weight is 424 g/mol. The van der Waals surface area contributed by atoms with Crippen molar-refractivity contribution in [3.8, 4) is 0 Å². The van der Waals surface area contributed by atoms with E-state index in [0.717, 1.165) is 13.8 Å². The molecular formula is C16H28N2O11. The number of hydrogen-bond donors (Lipinski definition) is 8. The summed E-state index contributed by atoms with van der Waals surface area (Å²) in [6, 6.07) is -2.59. The average Bonchev–Trinajstić information content (AvgIpc) is 2.65. The monoisotopic (exact) mass is 424 g/mol. The number of aliphatic hydroxyl groups is 6. The Morgan fingerprint density at radius 1 is 0.828 bits per heavy atom. The van der Waals surface area contributed by atoms with E-state index in [2.05, 4.69) is 10.6 Å². The Balaban J connectivity index is 2.26. The first-order chi connectivity index (χ1) is 13.6. The van der Waals surface area contributed by atoms with Gasteiger partial charge in [0.25, 0.3) is 0 Å². The van der Waals surface area contributed by atoms with Crippen molar-refractivity contribution in [2.75, 3.05) is 13.2 Å². The van der Waals surface area contributed by atoms with Crippen molar-refractivity contribution in [1.82, 2.24) is 10.6 Å². The quantitative estimate of drug-likeness (QED) is 0.202. The smallest absolute Gasteiger partial charge is 0.217 e. The number of hydrogen-bond acceptors (Lipinski definition) is 11. The largest absolute Gasteiger partial charge is 0.394 e. The first-order valence-electron chi connectivity index (χ1n) is 9.05. The Labute approximate surface area is 166 Å². The molecule has 2 rings (SSSR count). The molecule has 2 saturated heterocycles. The molecule has 0 aromatic carbocycles. The molecule has 0 aliphatic carbocycles. The molecule has 10 atom stereocenters. The highest BCUT2D eigenvalue weighted by molar-refractivity contribution is 5.73. The second kappa shape index (κ2) is 10.1. The van der Waals surface area contributed by atoms with E-state index in [-0.39, 0.29) is 0 Å². The first kappa shape index (κ1) is 23.9. The molecule has 168 valence electrons. The molecule has 13 heteroatoms. The molecule has 0 bridgehead atoms. The zero-order valence-electron chi connectivity index (χ0n) is 15.9. The summed E-state index contributed by atoms with van der Waals surface area (Å²) in [7, 11) is 0. The van der Waals surface area contributed by atoms with E-state index in [1.807, 2.05) is 0 Å². The zero-order valence-corrected chi connectivity index (χ0v) is 15.9. The summed E-state index contributed by atoms with van der Waals surface area (Å²) in [6.45, 7) is 0.962. The van der Waals surface area contributed by atoms with Crippen LogP contribution in [-0.4, -0.2) is 117 Å². The van der Waals surface area contributed by atoms with Gasteiger partial charge in [0.2, 0.25) is 11.8 Å². The number of rotatable bonds is 6. The van der Waals surface area contributed by atoms with Crippen LogP contribution >= 0.6 is 0 Å². The maximum absolute atomic E-state index is 11.5. The minimum atomic E-state index is -1.64. The highest BCUT2D eigenvalue weighted by atomic mass is 16.7. The van der Waals surface area contributed by atoms with Gasteiger partial charge in [-0.15, -0.1) is 0 Å². The van der Waals surface area contributed by atoms with Crippen molar-refractivity contribution in [3.63, 3.8) is 0 Å². The SMILES string of the molecule is CC(=O)N[C@@H]1[C@H](O)[C@H](O[C@@H]2O[C@H](CO)[C@@H](O)[C@@H](O)[C@H]2NC(C)=O)[C@H](CO)O[C@H]1O. The predicted octanol–water partition coefficient (Wildman–Crippen LogP) is -5.11. The van der Waals surface area contributed by atoms with Gasteiger partial charge < -0.3 is 55.5 Å². The Hall–Kier alpha value is -1.42. The highest BCUT2D eigenvalue weighted by Crippen LogP contribution is 2.28. The van der Waals surface area contributed by atoms with Crippen LogP contribution in [0.1, 0.15) is 13.8 Å². The van der Waals surface area contributed by atoms with Gasteiger partial charge in [0, 0.05) is 13.8 Å². The van der Waals surface area contributed by atoms with E-state index in [4.69, 9.17) is 14.2 Å². The van der Waals surface area contributed by atoms with Crippen LogP contribution in [0.3, 0.4) is 0 Å². The molecular weight excluding hydrogens is 396 g/mol. The van der Waals surface area contributed by atoms with Crippen molar-refractivity contribution >= 4 is 11.8 Å². The highest BCUT2D eigenvalue weighted by Gasteiger charge is 2.51. The second-order valence-electron chi connectivity index (χ2n) is 7.00. The Bertz CT molecular complexity index is 579. The lowest BCUT2D eigenvalue weighted by atomic mass is 9.94. The normalized spacial score (nSPS) is 42.9. The standard InChI is InChI=1S/C16H28N2O11/c1-5(21)17-9-13(25)14(8(4-20)27-15(9)26)29-16-10(18-6(2)22)12(24)11(23)7(3-19)28-16/h7-16,19-20,23-26H,3-4H2,1-2H3,(H,17,21)(H,18,22)/t7-,8+,9-,10-,11-,12+,13+,14-,15-,16+/m1/s1. The molecule has 0 spiro atoms. The lowest BCUT2D eigenvalue weighted by molar-refractivity contribution is -0.327. The molecule has 13 nitrogen and oxygen atoms in total. The third-order valence-corrected chi connectivity index (χ3v) is 4.78. The van der Waals surface area contributed by atoms with Crippen LogP contribution in [0.2, 0.25) is 0 Å². The van der Waals surface area contributed by atoms with Crippen molar-refractivity contribution in [1.29, 1.82) is 0 Å². The summed E-state index contributed by atoms with van der Waals surface area (Å²) in [5, 5.41) is 64.5. The van der Waals surface area contributed by atoms with Gasteiger partial charge in [0.05, 0.1) is 13.2 Å². The van der Waals surface area contributed by atoms with Crippen LogP contribution in [0, 0.1) is 0 Å². The molecule has 0 saturated carbocycles. The lowest BCUT2D eigenvalue weighted by Crippen LogP contribution is -2.69. The van der Waals surface area contributed by atoms with Crippen LogP contribution < -0.4 is 10.6 Å². The number of amides is 2. The van der Waals surface area contributed by atoms with Gasteiger partial charge in [-0.1, -0.05) is 0 Å². The van der Waals surface area contributed by atoms with Crippen molar-refractivity contribution < 1.29 is 54.4 Å². The third-order valence-electron chi connectivity index (χ3n) is 4.78. The van der Waals surface area contributed by atoms with Crippen LogP contribution in [0.25, 0.3) is 0 Å². The van der Waals surface area contributed by atoms with Gasteiger partial charge in [0.15, 0.2) is 12.6 Å². The summed E-state index contributed by atoms with van der Waals surface area (Å²) >= 11 is 0. The van der Waals surface area contributed by atoms with Gasteiger partial charge in [-0.25, -0.2) is 0 Å². The second-order valence-corrected chi connectivity index (χ2v) is 7.00. The molecule has 2 heterocycles. The van der Waals surface area contributed by atoms with Crippen molar-refractivity contribution in [2.45, 2.75) is 75.1 Å². The topological polar surface area (TPSA) is 207 Å². The van der Waals surface area contributed by atoms with Gasteiger partial charge in [-0.3, -0.25) is 9.59 Å². The number of carbonyl (C=O) groups excluding carboxylic acids is 2. The predicted molar refractivity (Wildman–Crippen MR) is 91.8 cm³/mol. The van der Waals surface area contributed by atoms with E-state index in [1.54, 1.807) is 0 Å². The maximum Gasteiger partial charge on any atom is 0.217 e. The van der Waals surface area contributed by atoms with E-state index < -0.39 is 86.3 Å². The first-order valence-corrected chi connectivity index (χ1v) is 9.05. The Morgan fingerprint density at radius 2 is 1.38 bits per heavy atom. The summed E-state index contributed by atoms with van der Waals surface area (Å²) in [5.41, 5.74) is 0. The minimum Gasteiger partial charge on any atom is -0.394 e. The number of aliphatic hydroxyl groups excluding tert-OH is 6. The van der Waals surface area contributed by atoms with Crippen LogP contribution in [0.5, 0.6) is 0 Å². The van der Waals surface area contributed by atoms with Crippen LogP contribution in [0.15, 0.2) is 0 Å². The van der Waals surface area contributed by atoms with Crippen LogP contribution in [-0.2, 0) is 23.8 Å². The minimum absolute atomic E-state index is 0.568. The number of ether oxygens (including phenoxy) is 3. The van der Waals surface area contributed by atoms with Crippen LogP contribution in [0.4, 0.5) is 0 Å². The molecule has 2 aliphatic heterocycles. The van der Waals surface area contributed by atoms with Gasteiger partial charge in [-0.2, -0.15) is 0 Å². The molecule has 0 aromatic rings. The molecule has 2 amide bonds. The fourth-order valence-corrected chi connectivity index (χ4v) is 3.38. The fraction of sp³-hybridized carbons (Fsp3) is 0.875. The van der Waals surface area contributed by atoms with Crippen molar-refractivity contribution in [2.24, 2.45) is 0 Å². The maximum atomic E-state index is 11.5. The van der Waals surface area contributed by atoms with Crippen molar-refractivity contribution in [3.05, 3.63) is 0 Å². The summed E-state index contributed by atoms with van der Waals surface area (Å²) in [5.74, 6) is -1.14. The number of carbonyl (C=O) groups is 2.